The van der Waals surface area contributed by atoms with Crippen LogP contribution in [-0.4, -0.2) is 85.2 Å². The van der Waals surface area contributed by atoms with Crippen LogP contribution in [0.15, 0.2) is 65.8 Å². The fourth-order valence-electron chi connectivity index (χ4n) is 8.93. The molecule has 2 aliphatic rings. The molecule has 0 aromatic heterocycles. The molecular formula is C49H72N2O7. The number of phenolic OH excluding ortho intramolecular Hbond substituents is 1. The monoisotopic (exact) mass is 801 g/mol. The lowest BCUT2D eigenvalue weighted by atomic mass is 9.82. The van der Waals surface area contributed by atoms with Crippen molar-refractivity contribution in [3.63, 3.8) is 0 Å². The minimum absolute atomic E-state index is 0.0211. The Morgan fingerprint density at radius 1 is 1.02 bits per heavy atom. The van der Waals surface area contributed by atoms with Gasteiger partial charge in [-0.2, -0.15) is 0 Å². The van der Waals surface area contributed by atoms with Crippen molar-refractivity contribution in [2.45, 2.75) is 179 Å². The number of nitrogens with one attached hydrogen (secondary N) is 2. The molecule has 1 fully saturated rings. The molecule has 2 aliphatic heterocycles. The molecule has 0 unspecified atom stereocenters. The first-order valence-corrected chi connectivity index (χ1v) is 22.0. The van der Waals surface area contributed by atoms with Crippen molar-refractivity contribution in [3.05, 3.63) is 88.0 Å². The normalized spacial score (nSPS) is 25.3. The van der Waals surface area contributed by atoms with Gasteiger partial charge in [0.05, 0.1) is 24.4 Å². The van der Waals surface area contributed by atoms with Crippen LogP contribution < -0.4 is 10.6 Å². The molecule has 320 valence electrons. The second-order valence-electron chi connectivity index (χ2n) is 17.2. The minimum atomic E-state index is -1.29. The number of unbranched alkanes of at least 4 members (excludes halogenated alkanes) is 2. The molecule has 4 rings (SSSR count). The molecule has 2 aromatic rings. The summed E-state index contributed by atoms with van der Waals surface area (Å²) < 4.78 is 0. The molecule has 8 atom stereocenters. The zero-order chi connectivity index (χ0) is 42.1. The van der Waals surface area contributed by atoms with Crippen LogP contribution in [-0.2, 0) is 24.1 Å². The number of hydrogen-bond donors (Lipinski definition) is 8. The van der Waals surface area contributed by atoms with E-state index in [1.807, 2.05) is 31.2 Å². The van der Waals surface area contributed by atoms with Crippen molar-refractivity contribution in [1.82, 2.24) is 10.6 Å². The Labute approximate surface area is 348 Å². The van der Waals surface area contributed by atoms with Crippen LogP contribution in [0.3, 0.4) is 0 Å². The summed E-state index contributed by atoms with van der Waals surface area (Å²) in [5.74, 6) is 6.37. The van der Waals surface area contributed by atoms with Crippen molar-refractivity contribution < 1.29 is 35.4 Å². The van der Waals surface area contributed by atoms with Crippen LogP contribution in [0.4, 0.5) is 0 Å². The number of aliphatic hydroxyl groups is 4. The Kier molecular flexibility index (Phi) is 19.5. The number of carboxylic acids is 1. The van der Waals surface area contributed by atoms with E-state index in [1.54, 1.807) is 12.1 Å². The number of phenols is 1. The number of rotatable bonds is 19. The molecule has 1 saturated heterocycles. The van der Waals surface area contributed by atoms with E-state index >= 15 is 0 Å². The molecule has 2 heterocycles. The SMILES string of the molecule is CCCCC[C@H](O)/C=C/C1=C(\C[C@H](O)CO)[C@H](CCC[C@@H]2N[C@@H](C)CCC[C@H]2CC(=O)O)N[C@@H]([C@@](C)(O)Cc2ccc(O)cc2)CC#Cc2c(CC)cccc2CC1. The van der Waals surface area contributed by atoms with Gasteiger partial charge in [-0.05, 0) is 118 Å². The van der Waals surface area contributed by atoms with Crippen LogP contribution in [0.2, 0.25) is 0 Å². The third kappa shape index (κ3) is 15.0. The van der Waals surface area contributed by atoms with Gasteiger partial charge in [-0.3, -0.25) is 4.79 Å². The Bertz CT molecular complexity index is 1690. The smallest absolute Gasteiger partial charge is 0.303 e. The lowest BCUT2D eigenvalue weighted by Crippen LogP contribution is -2.54. The summed E-state index contributed by atoms with van der Waals surface area (Å²) in [5, 5.41) is 72.4. The fraction of sp³-hybridized carbons (Fsp3) is 0.612. The number of aryl methyl sites for hydroxylation is 2. The molecule has 0 aliphatic carbocycles. The van der Waals surface area contributed by atoms with E-state index in [0.29, 0.717) is 38.5 Å². The molecule has 8 N–H and O–H groups in total. The van der Waals surface area contributed by atoms with Crippen molar-refractivity contribution >= 4 is 5.97 Å². The first kappa shape index (κ1) is 47.2. The highest BCUT2D eigenvalue weighted by Gasteiger charge is 2.35. The number of allylic oxidation sites excluding steroid dienone is 2. The van der Waals surface area contributed by atoms with E-state index in [9.17, 15) is 35.4 Å². The summed E-state index contributed by atoms with van der Waals surface area (Å²) in [7, 11) is 0. The van der Waals surface area contributed by atoms with Crippen molar-refractivity contribution in [2.75, 3.05) is 6.61 Å². The van der Waals surface area contributed by atoms with E-state index in [4.69, 9.17) is 0 Å². The number of aliphatic carboxylic acids is 1. The van der Waals surface area contributed by atoms with Gasteiger partial charge in [0.1, 0.15) is 5.75 Å². The summed E-state index contributed by atoms with van der Waals surface area (Å²) in [6, 6.07) is 12.6. The topological polar surface area (TPSA) is 163 Å². The summed E-state index contributed by atoms with van der Waals surface area (Å²) in [6.45, 7) is 7.84. The molecule has 0 spiro atoms. The minimum Gasteiger partial charge on any atom is -0.508 e. The molecule has 0 radical (unpaired) electrons. The lowest BCUT2D eigenvalue weighted by molar-refractivity contribution is -0.138. The first-order chi connectivity index (χ1) is 27.8. The highest BCUT2D eigenvalue weighted by molar-refractivity contribution is 5.67. The number of aliphatic hydroxyl groups excluding tert-OH is 3. The average molecular weight is 801 g/mol. The molecule has 0 amide bonds. The van der Waals surface area contributed by atoms with E-state index in [2.05, 4.69) is 61.4 Å². The van der Waals surface area contributed by atoms with Gasteiger partial charge in [-0.25, -0.2) is 0 Å². The van der Waals surface area contributed by atoms with Crippen molar-refractivity contribution in [3.8, 4) is 17.6 Å². The number of aromatic hydroxyl groups is 1. The number of carboxylic acid groups (broad SMARTS) is 1. The Balaban J connectivity index is 1.85. The van der Waals surface area contributed by atoms with Gasteiger partial charge in [0.15, 0.2) is 0 Å². The number of benzene rings is 2. The molecule has 9 nitrogen and oxygen atoms in total. The third-order valence-electron chi connectivity index (χ3n) is 12.3. The Morgan fingerprint density at radius 3 is 2.50 bits per heavy atom. The second-order valence-corrected chi connectivity index (χ2v) is 17.2. The van der Waals surface area contributed by atoms with Crippen LogP contribution >= 0.6 is 0 Å². The lowest BCUT2D eigenvalue weighted by Gasteiger charge is -2.38. The highest BCUT2D eigenvalue weighted by Crippen LogP contribution is 2.32. The zero-order valence-electron chi connectivity index (χ0n) is 35.6. The van der Waals surface area contributed by atoms with Crippen LogP contribution in [0.5, 0.6) is 5.75 Å². The maximum atomic E-state index is 12.4. The predicted molar refractivity (Wildman–Crippen MR) is 233 cm³/mol. The molecule has 2 aromatic carbocycles. The Hall–Kier alpha value is -3.49. The first-order valence-electron chi connectivity index (χ1n) is 22.0. The standard InChI is InChI=1S/C49H72N2O7/c1-5-7-8-17-40(53)29-26-38-25-24-37-15-10-14-36(6-2)43(37)18-11-21-47(49(4,58)32-35-22-27-41(54)28-23-35)51-46(44(38)31-42(55)33-52)20-12-19-45-39(30-48(56)57)16-9-13-34(3)50-45/h10,14-15,22-23,26-29,34,39-40,42,45-47,50-55,58H,5-9,12-13,16-17,19-21,24-25,30-33H2,1-4H3,(H,56,57)/b29-26+,44-38+/t34-,39-,40-,42-,45-,46-,47+,49-/m0/s1. The predicted octanol–water partition coefficient (Wildman–Crippen LogP) is 7.29. The Morgan fingerprint density at radius 2 is 1.79 bits per heavy atom. The van der Waals surface area contributed by atoms with Gasteiger partial charge in [-0.1, -0.05) is 100 Å². The highest BCUT2D eigenvalue weighted by atomic mass is 16.4. The van der Waals surface area contributed by atoms with Crippen LogP contribution in [0.25, 0.3) is 0 Å². The van der Waals surface area contributed by atoms with Gasteiger partial charge < -0.3 is 41.3 Å². The van der Waals surface area contributed by atoms with Gasteiger partial charge >= 0.3 is 5.97 Å². The number of hydrogen-bond acceptors (Lipinski definition) is 8. The van der Waals surface area contributed by atoms with E-state index in [1.165, 1.54) is 0 Å². The molecule has 58 heavy (non-hydrogen) atoms. The summed E-state index contributed by atoms with van der Waals surface area (Å²) in [6.07, 6.45) is 14.0. The zero-order valence-corrected chi connectivity index (χ0v) is 35.6. The second kappa shape index (κ2) is 23.9. The van der Waals surface area contributed by atoms with Gasteiger partial charge in [0.25, 0.3) is 0 Å². The van der Waals surface area contributed by atoms with Crippen molar-refractivity contribution in [1.29, 1.82) is 0 Å². The fourth-order valence-corrected chi connectivity index (χ4v) is 8.93. The summed E-state index contributed by atoms with van der Waals surface area (Å²) >= 11 is 0. The maximum absolute atomic E-state index is 12.4. The largest absolute Gasteiger partial charge is 0.508 e. The molecule has 9 heteroatoms. The molecule has 0 saturated carbocycles. The van der Waals surface area contributed by atoms with Crippen molar-refractivity contribution in [2.24, 2.45) is 5.92 Å². The van der Waals surface area contributed by atoms with Gasteiger partial charge in [0, 0.05) is 49.0 Å². The molecule has 0 bridgehead atoms. The van der Waals surface area contributed by atoms with Crippen LogP contribution in [0.1, 0.15) is 140 Å². The number of carbonyl (C=O) groups is 1. The van der Waals surface area contributed by atoms with Crippen LogP contribution in [0, 0.1) is 17.8 Å². The maximum Gasteiger partial charge on any atom is 0.303 e. The average Bonchev–Trinajstić information content (AvgIpc) is 3.36. The summed E-state index contributed by atoms with van der Waals surface area (Å²) in [4.78, 5) is 11.9. The quantitative estimate of drug-likeness (QED) is 0.0539. The van der Waals surface area contributed by atoms with E-state index in [-0.39, 0.29) is 42.6 Å². The third-order valence-corrected chi connectivity index (χ3v) is 12.3. The molecular weight excluding hydrogens is 729 g/mol. The van der Waals surface area contributed by atoms with Gasteiger partial charge in [-0.15, -0.1) is 0 Å². The number of fused-ring (bicyclic) bond motifs is 1. The van der Waals surface area contributed by atoms with E-state index < -0.39 is 36.4 Å². The van der Waals surface area contributed by atoms with Gasteiger partial charge in [0.2, 0.25) is 0 Å². The van der Waals surface area contributed by atoms with E-state index in [0.717, 1.165) is 91.2 Å². The summed E-state index contributed by atoms with van der Waals surface area (Å²) in [5.41, 5.74) is 4.75.